The number of hydrogen-bond acceptors (Lipinski definition) is 1. The van der Waals surface area contributed by atoms with Crippen LogP contribution in [0.1, 0.15) is 42.9 Å². The Bertz CT molecular complexity index is 339. The first-order valence-electron chi connectivity index (χ1n) is 5.07. The quantitative estimate of drug-likeness (QED) is 0.714. The maximum atomic E-state index is 11.0. The molecule has 0 saturated carbocycles. The molecule has 1 heteroatoms. The van der Waals surface area contributed by atoms with E-state index in [0.29, 0.717) is 12.3 Å². The zero-order chi connectivity index (χ0) is 10.7. The summed E-state index contributed by atoms with van der Waals surface area (Å²) in [7, 11) is 0. The van der Waals surface area contributed by atoms with Gasteiger partial charge in [-0.25, -0.2) is 0 Å². The Labute approximate surface area is 86.1 Å². The molecule has 0 heterocycles. The van der Waals surface area contributed by atoms with Gasteiger partial charge < -0.3 is 4.79 Å². The first-order chi connectivity index (χ1) is 6.50. The Kier molecular flexibility index (Phi) is 3.45. The highest BCUT2D eigenvalue weighted by molar-refractivity contribution is 5.76. The van der Waals surface area contributed by atoms with Crippen LogP contribution in [0.25, 0.3) is 0 Å². The van der Waals surface area contributed by atoms with Crippen LogP contribution in [0.2, 0.25) is 0 Å². The third kappa shape index (κ3) is 2.69. The Morgan fingerprint density at radius 2 is 2.00 bits per heavy atom. The van der Waals surface area contributed by atoms with E-state index < -0.39 is 0 Å². The highest BCUT2D eigenvalue weighted by atomic mass is 16.1. The minimum atomic E-state index is 0.262. The molecular formula is C13H18O. The highest BCUT2D eigenvalue weighted by Gasteiger charge is 2.10. The molecule has 0 fully saturated rings. The summed E-state index contributed by atoms with van der Waals surface area (Å²) >= 11 is 0. The van der Waals surface area contributed by atoms with Gasteiger partial charge in [-0.3, -0.25) is 0 Å². The number of hydrogen-bond donors (Lipinski definition) is 0. The Morgan fingerprint density at radius 1 is 1.36 bits per heavy atom. The molecule has 1 atom stereocenters. The molecule has 14 heavy (non-hydrogen) atoms. The number of carbonyl (C=O) groups is 1. The standard InChI is InChI=1S/C13H18O/c1-9-5-6-13(10(2)7-9)11(3)8-12(4)14/h5-7,11H,8H2,1-4H3. The van der Waals surface area contributed by atoms with E-state index in [9.17, 15) is 4.79 Å². The van der Waals surface area contributed by atoms with Gasteiger partial charge in [-0.1, -0.05) is 30.7 Å². The summed E-state index contributed by atoms with van der Waals surface area (Å²) < 4.78 is 0. The van der Waals surface area contributed by atoms with Gasteiger partial charge in [0.15, 0.2) is 0 Å². The van der Waals surface area contributed by atoms with E-state index in [1.807, 2.05) is 0 Å². The van der Waals surface area contributed by atoms with E-state index in [2.05, 4.69) is 39.0 Å². The van der Waals surface area contributed by atoms with E-state index in [1.165, 1.54) is 16.7 Å². The Hall–Kier alpha value is -1.11. The van der Waals surface area contributed by atoms with Gasteiger partial charge in [0.2, 0.25) is 0 Å². The fourth-order valence-electron chi connectivity index (χ4n) is 1.92. The average Bonchev–Trinajstić information content (AvgIpc) is 2.01. The summed E-state index contributed by atoms with van der Waals surface area (Å²) in [5.74, 6) is 0.602. The summed E-state index contributed by atoms with van der Waals surface area (Å²) in [5, 5.41) is 0. The van der Waals surface area contributed by atoms with E-state index in [4.69, 9.17) is 0 Å². The number of aryl methyl sites for hydroxylation is 2. The van der Waals surface area contributed by atoms with Gasteiger partial charge in [-0.05, 0) is 37.8 Å². The third-order valence-electron chi connectivity index (χ3n) is 2.55. The van der Waals surface area contributed by atoms with Crippen molar-refractivity contribution in [1.29, 1.82) is 0 Å². The van der Waals surface area contributed by atoms with Crippen molar-refractivity contribution in [2.75, 3.05) is 0 Å². The maximum Gasteiger partial charge on any atom is 0.130 e. The molecule has 0 saturated heterocycles. The number of Topliss-reactive ketones (excluding diaryl/α,β-unsaturated/α-hetero) is 1. The molecule has 0 bridgehead atoms. The molecule has 0 aliphatic heterocycles. The van der Waals surface area contributed by atoms with Gasteiger partial charge in [0, 0.05) is 6.42 Å². The lowest BCUT2D eigenvalue weighted by molar-refractivity contribution is -0.117. The van der Waals surface area contributed by atoms with Crippen molar-refractivity contribution in [2.24, 2.45) is 0 Å². The monoisotopic (exact) mass is 190 g/mol. The molecule has 0 aliphatic rings. The Balaban J connectivity index is 2.90. The van der Waals surface area contributed by atoms with Crippen molar-refractivity contribution >= 4 is 5.78 Å². The summed E-state index contributed by atoms with van der Waals surface area (Å²) in [5.41, 5.74) is 3.87. The first kappa shape index (κ1) is 11.0. The summed E-state index contributed by atoms with van der Waals surface area (Å²) in [6, 6.07) is 6.42. The Morgan fingerprint density at radius 3 is 2.50 bits per heavy atom. The van der Waals surface area contributed by atoms with Gasteiger partial charge in [0.25, 0.3) is 0 Å². The predicted octanol–water partition coefficient (Wildman–Crippen LogP) is 3.39. The number of rotatable bonds is 3. The number of carbonyl (C=O) groups excluding carboxylic acids is 1. The average molecular weight is 190 g/mol. The molecule has 0 spiro atoms. The van der Waals surface area contributed by atoms with Crippen LogP contribution in [0.15, 0.2) is 18.2 Å². The van der Waals surface area contributed by atoms with Gasteiger partial charge in [-0.15, -0.1) is 0 Å². The van der Waals surface area contributed by atoms with Crippen molar-refractivity contribution in [2.45, 2.75) is 40.0 Å². The van der Waals surface area contributed by atoms with E-state index in [1.54, 1.807) is 6.92 Å². The van der Waals surface area contributed by atoms with Crippen molar-refractivity contribution in [3.05, 3.63) is 34.9 Å². The highest BCUT2D eigenvalue weighted by Crippen LogP contribution is 2.23. The second-order valence-electron chi connectivity index (χ2n) is 4.17. The van der Waals surface area contributed by atoms with E-state index >= 15 is 0 Å². The lowest BCUT2D eigenvalue weighted by atomic mass is 9.91. The molecule has 1 rings (SSSR count). The zero-order valence-corrected chi connectivity index (χ0v) is 9.42. The first-order valence-corrected chi connectivity index (χ1v) is 5.07. The van der Waals surface area contributed by atoms with Gasteiger partial charge >= 0.3 is 0 Å². The van der Waals surface area contributed by atoms with Gasteiger partial charge in [-0.2, -0.15) is 0 Å². The summed E-state index contributed by atoms with van der Waals surface area (Å²) in [6.45, 7) is 7.96. The normalized spacial score (nSPS) is 12.6. The summed E-state index contributed by atoms with van der Waals surface area (Å²) in [6.07, 6.45) is 0.643. The smallest absolute Gasteiger partial charge is 0.130 e. The van der Waals surface area contributed by atoms with Crippen LogP contribution in [-0.2, 0) is 4.79 Å². The van der Waals surface area contributed by atoms with Gasteiger partial charge in [0.05, 0.1) is 0 Å². The van der Waals surface area contributed by atoms with Crippen LogP contribution in [0.5, 0.6) is 0 Å². The maximum absolute atomic E-state index is 11.0. The van der Waals surface area contributed by atoms with E-state index in [0.717, 1.165) is 0 Å². The molecule has 0 aliphatic carbocycles. The molecule has 0 amide bonds. The fraction of sp³-hybridized carbons (Fsp3) is 0.462. The zero-order valence-electron chi connectivity index (χ0n) is 9.42. The molecule has 1 unspecified atom stereocenters. The molecule has 1 aromatic rings. The molecule has 0 radical (unpaired) electrons. The fourth-order valence-corrected chi connectivity index (χ4v) is 1.92. The van der Waals surface area contributed by atoms with Crippen LogP contribution < -0.4 is 0 Å². The minimum Gasteiger partial charge on any atom is -0.300 e. The third-order valence-corrected chi connectivity index (χ3v) is 2.55. The summed E-state index contributed by atoms with van der Waals surface area (Å²) in [4.78, 5) is 11.0. The molecule has 0 aromatic heterocycles. The second-order valence-corrected chi connectivity index (χ2v) is 4.17. The van der Waals surface area contributed by atoms with Crippen LogP contribution in [0.4, 0.5) is 0 Å². The SMILES string of the molecule is CC(=O)CC(C)c1ccc(C)cc1C. The number of ketones is 1. The van der Waals surface area contributed by atoms with Crippen LogP contribution >= 0.6 is 0 Å². The topological polar surface area (TPSA) is 17.1 Å². The van der Waals surface area contributed by atoms with Crippen molar-refractivity contribution in [1.82, 2.24) is 0 Å². The van der Waals surface area contributed by atoms with Crippen LogP contribution in [0, 0.1) is 13.8 Å². The second kappa shape index (κ2) is 4.41. The molecule has 76 valence electrons. The van der Waals surface area contributed by atoms with Crippen LogP contribution in [-0.4, -0.2) is 5.78 Å². The lowest BCUT2D eigenvalue weighted by Gasteiger charge is -2.13. The van der Waals surface area contributed by atoms with Crippen molar-refractivity contribution in [3.8, 4) is 0 Å². The predicted molar refractivity (Wildman–Crippen MR) is 59.6 cm³/mol. The number of benzene rings is 1. The molecule has 1 nitrogen and oxygen atoms in total. The molecule has 1 aromatic carbocycles. The van der Waals surface area contributed by atoms with Crippen molar-refractivity contribution in [3.63, 3.8) is 0 Å². The largest absolute Gasteiger partial charge is 0.300 e. The van der Waals surface area contributed by atoms with E-state index in [-0.39, 0.29) is 5.78 Å². The van der Waals surface area contributed by atoms with Crippen molar-refractivity contribution < 1.29 is 4.79 Å². The lowest BCUT2D eigenvalue weighted by Crippen LogP contribution is -2.02. The minimum absolute atomic E-state index is 0.262. The van der Waals surface area contributed by atoms with Gasteiger partial charge in [0.1, 0.15) is 5.78 Å². The molecule has 0 N–H and O–H groups in total. The molecular weight excluding hydrogens is 172 g/mol. The van der Waals surface area contributed by atoms with Crippen LogP contribution in [0.3, 0.4) is 0 Å².